The Kier molecular flexibility index (Phi) is 5.97. The molecule has 0 aliphatic rings. The Balaban J connectivity index is 1.62. The normalized spacial score (nSPS) is 9.95. The highest BCUT2D eigenvalue weighted by molar-refractivity contribution is 7.80. The molecule has 0 saturated carbocycles. The minimum absolute atomic E-state index is 0.252. The Morgan fingerprint density at radius 2 is 1.71 bits per heavy atom. The molecule has 0 aliphatic heterocycles. The summed E-state index contributed by atoms with van der Waals surface area (Å²) in [6.45, 7) is 1.52. The number of para-hydroxylation sites is 1. The van der Waals surface area contributed by atoms with E-state index in [-0.39, 0.29) is 11.6 Å². The molecule has 0 atom stereocenters. The molecule has 0 radical (unpaired) electrons. The third kappa shape index (κ3) is 5.39. The molecule has 0 heterocycles. The summed E-state index contributed by atoms with van der Waals surface area (Å²) in [7, 11) is 0. The second kappa shape index (κ2) is 8.21. The lowest BCUT2D eigenvalue weighted by molar-refractivity contribution is 0.306. The highest BCUT2D eigenvalue weighted by Gasteiger charge is 2.01. The lowest BCUT2D eigenvalue weighted by Crippen LogP contribution is -2.37. The Morgan fingerprint density at radius 3 is 2.48 bits per heavy atom. The third-order valence-corrected chi connectivity index (χ3v) is 3.07. The predicted molar refractivity (Wildman–Crippen MR) is 85.8 cm³/mol. The second-order valence-electron chi connectivity index (χ2n) is 4.37. The second-order valence-corrected chi connectivity index (χ2v) is 4.78. The summed E-state index contributed by atoms with van der Waals surface area (Å²) >= 11 is 5.16. The molecule has 3 nitrogen and oxygen atoms in total. The van der Waals surface area contributed by atoms with Gasteiger partial charge in [-0.1, -0.05) is 42.5 Å². The molecular formula is C16H17FN2OS. The van der Waals surface area contributed by atoms with Crippen molar-refractivity contribution >= 4 is 17.3 Å². The van der Waals surface area contributed by atoms with E-state index in [0.29, 0.717) is 24.8 Å². The highest BCUT2D eigenvalue weighted by atomic mass is 32.1. The van der Waals surface area contributed by atoms with Crippen LogP contribution < -0.4 is 15.4 Å². The lowest BCUT2D eigenvalue weighted by atomic mass is 10.2. The van der Waals surface area contributed by atoms with Crippen molar-refractivity contribution in [1.82, 2.24) is 10.6 Å². The van der Waals surface area contributed by atoms with Crippen LogP contribution >= 0.6 is 12.2 Å². The summed E-state index contributed by atoms with van der Waals surface area (Å²) < 4.78 is 18.6. The summed E-state index contributed by atoms with van der Waals surface area (Å²) in [5.74, 6) is -0.107. The maximum absolute atomic E-state index is 13.3. The van der Waals surface area contributed by atoms with Gasteiger partial charge in [-0.2, -0.15) is 0 Å². The van der Waals surface area contributed by atoms with E-state index >= 15 is 0 Å². The molecule has 0 amide bonds. The van der Waals surface area contributed by atoms with E-state index in [1.54, 1.807) is 18.2 Å². The molecule has 0 bridgehead atoms. The monoisotopic (exact) mass is 304 g/mol. The van der Waals surface area contributed by atoms with Crippen LogP contribution in [0.2, 0.25) is 0 Å². The van der Waals surface area contributed by atoms with E-state index in [4.69, 9.17) is 17.0 Å². The zero-order valence-corrected chi connectivity index (χ0v) is 12.3. The number of halogens is 1. The van der Waals surface area contributed by atoms with Gasteiger partial charge in [-0.15, -0.1) is 0 Å². The molecule has 5 heteroatoms. The van der Waals surface area contributed by atoms with Crippen molar-refractivity contribution in [3.8, 4) is 5.75 Å². The zero-order valence-electron chi connectivity index (χ0n) is 11.5. The molecule has 0 saturated heterocycles. The molecule has 0 fully saturated rings. The summed E-state index contributed by atoms with van der Waals surface area (Å²) in [5.41, 5.74) is 1.16. The van der Waals surface area contributed by atoms with Gasteiger partial charge in [0.15, 0.2) is 16.7 Å². The number of nitrogens with one attached hydrogen (secondary N) is 2. The molecule has 0 aromatic heterocycles. The van der Waals surface area contributed by atoms with Crippen LogP contribution in [0.15, 0.2) is 54.6 Å². The van der Waals surface area contributed by atoms with Crippen LogP contribution in [-0.2, 0) is 6.54 Å². The molecule has 110 valence electrons. The number of thiocarbonyl (C=S) groups is 1. The van der Waals surface area contributed by atoms with Crippen molar-refractivity contribution in [2.45, 2.75) is 6.54 Å². The fourth-order valence-corrected chi connectivity index (χ4v) is 1.90. The van der Waals surface area contributed by atoms with E-state index in [1.807, 2.05) is 30.3 Å². The zero-order chi connectivity index (χ0) is 14.9. The molecule has 0 unspecified atom stereocenters. The highest BCUT2D eigenvalue weighted by Crippen LogP contribution is 2.14. The molecular weight excluding hydrogens is 287 g/mol. The van der Waals surface area contributed by atoms with Crippen molar-refractivity contribution in [3.05, 3.63) is 66.0 Å². The first-order chi connectivity index (χ1) is 10.3. The first kappa shape index (κ1) is 15.3. The Morgan fingerprint density at radius 1 is 1.00 bits per heavy atom. The van der Waals surface area contributed by atoms with E-state index in [0.717, 1.165) is 5.56 Å². The van der Waals surface area contributed by atoms with Crippen LogP contribution in [0.5, 0.6) is 5.75 Å². The summed E-state index contributed by atoms with van der Waals surface area (Å²) in [4.78, 5) is 0. The van der Waals surface area contributed by atoms with Crippen molar-refractivity contribution in [1.29, 1.82) is 0 Å². The van der Waals surface area contributed by atoms with Crippen LogP contribution in [0, 0.1) is 5.82 Å². The maximum Gasteiger partial charge on any atom is 0.166 e. The summed E-state index contributed by atoms with van der Waals surface area (Å²) in [5, 5.41) is 6.67. The van der Waals surface area contributed by atoms with Crippen LogP contribution in [0.3, 0.4) is 0 Å². The van der Waals surface area contributed by atoms with Crippen LogP contribution in [0.1, 0.15) is 5.56 Å². The van der Waals surface area contributed by atoms with Crippen LogP contribution in [-0.4, -0.2) is 18.3 Å². The Labute approximate surface area is 129 Å². The SMILES string of the molecule is Fc1ccccc1OCCNC(=S)NCc1ccccc1. The van der Waals surface area contributed by atoms with Crippen LogP contribution in [0.25, 0.3) is 0 Å². The van der Waals surface area contributed by atoms with Gasteiger partial charge >= 0.3 is 0 Å². The summed E-state index contributed by atoms with van der Waals surface area (Å²) in [6.07, 6.45) is 0. The third-order valence-electron chi connectivity index (χ3n) is 2.78. The van der Waals surface area contributed by atoms with E-state index in [2.05, 4.69) is 10.6 Å². The molecule has 2 N–H and O–H groups in total. The first-order valence-electron chi connectivity index (χ1n) is 6.68. The average molecular weight is 304 g/mol. The minimum atomic E-state index is -0.359. The number of rotatable bonds is 6. The standard InChI is InChI=1S/C16H17FN2OS/c17-14-8-4-5-9-15(14)20-11-10-18-16(21)19-12-13-6-2-1-3-7-13/h1-9H,10-12H2,(H2,18,19,21). The van der Waals surface area contributed by atoms with Gasteiger partial charge in [0.2, 0.25) is 0 Å². The Hall–Kier alpha value is -2.14. The van der Waals surface area contributed by atoms with Crippen LogP contribution in [0.4, 0.5) is 4.39 Å². The smallest absolute Gasteiger partial charge is 0.166 e. The number of benzene rings is 2. The van der Waals surface area contributed by atoms with E-state index in [9.17, 15) is 4.39 Å². The lowest BCUT2D eigenvalue weighted by Gasteiger charge is -2.11. The number of hydrogen-bond donors (Lipinski definition) is 2. The fraction of sp³-hybridized carbons (Fsp3) is 0.188. The minimum Gasteiger partial charge on any atom is -0.489 e. The summed E-state index contributed by atoms with van der Waals surface area (Å²) in [6, 6.07) is 16.3. The van der Waals surface area contributed by atoms with Gasteiger partial charge in [0, 0.05) is 6.54 Å². The van der Waals surface area contributed by atoms with E-state index < -0.39 is 0 Å². The average Bonchev–Trinajstić information content (AvgIpc) is 2.52. The van der Waals surface area contributed by atoms with Gasteiger partial charge in [0.1, 0.15) is 6.61 Å². The molecule has 0 aliphatic carbocycles. The Bertz CT molecular complexity index is 577. The van der Waals surface area contributed by atoms with Crippen molar-refractivity contribution in [3.63, 3.8) is 0 Å². The van der Waals surface area contributed by atoms with Crippen molar-refractivity contribution < 1.29 is 9.13 Å². The van der Waals surface area contributed by atoms with Gasteiger partial charge in [-0.25, -0.2) is 4.39 Å². The topological polar surface area (TPSA) is 33.3 Å². The predicted octanol–water partition coefficient (Wildman–Crippen LogP) is 2.87. The van der Waals surface area contributed by atoms with Gasteiger partial charge in [0.05, 0.1) is 6.54 Å². The first-order valence-corrected chi connectivity index (χ1v) is 7.09. The maximum atomic E-state index is 13.3. The van der Waals surface area contributed by atoms with Gasteiger partial charge in [-0.05, 0) is 29.9 Å². The van der Waals surface area contributed by atoms with E-state index in [1.165, 1.54) is 6.07 Å². The largest absolute Gasteiger partial charge is 0.489 e. The molecule has 2 aromatic carbocycles. The molecule has 2 aromatic rings. The molecule has 0 spiro atoms. The number of ether oxygens (including phenoxy) is 1. The van der Waals surface area contributed by atoms with Gasteiger partial charge in [0.25, 0.3) is 0 Å². The van der Waals surface area contributed by atoms with Crippen molar-refractivity contribution in [2.75, 3.05) is 13.2 Å². The van der Waals surface area contributed by atoms with Gasteiger partial charge < -0.3 is 15.4 Å². The molecule has 2 rings (SSSR count). The van der Waals surface area contributed by atoms with Gasteiger partial charge in [-0.3, -0.25) is 0 Å². The number of hydrogen-bond acceptors (Lipinski definition) is 2. The fourth-order valence-electron chi connectivity index (χ4n) is 1.73. The van der Waals surface area contributed by atoms with Crippen molar-refractivity contribution in [2.24, 2.45) is 0 Å². The molecule has 21 heavy (non-hydrogen) atoms. The quantitative estimate of drug-likeness (QED) is 0.635.